The number of nitrogens with one attached hydrogen (secondary N) is 1. The van der Waals surface area contributed by atoms with Gasteiger partial charge in [0.25, 0.3) is 0 Å². The highest BCUT2D eigenvalue weighted by Crippen LogP contribution is 2.20. The molecule has 5 nitrogen and oxygen atoms in total. The van der Waals surface area contributed by atoms with Crippen LogP contribution in [-0.4, -0.2) is 56.3 Å². The highest BCUT2D eigenvalue weighted by molar-refractivity contribution is 5.92. The van der Waals surface area contributed by atoms with Crippen LogP contribution in [0.25, 0.3) is 0 Å². The van der Waals surface area contributed by atoms with E-state index >= 15 is 0 Å². The van der Waals surface area contributed by atoms with Crippen molar-refractivity contribution in [3.8, 4) is 0 Å². The van der Waals surface area contributed by atoms with E-state index in [2.05, 4.69) is 17.3 Å². The Morgan fingerprint density at radius 2 is 1.95 bits per heavy atom. The number of hydrogen-bond donors (Lipinski definition) is 2. The first-order valence-corrected chi connectivity index (χ1v) is 7.51. The summed E-state index contributed by atoms with van der Waals surface area (Å²) in [6.07, 6.45) is 1.86. The van der Waals surface area contributed by atoms with Gasteiger partial charge < -0.3 is 20.2 Å². The summed E-state index contributed by atoms with van der Waals surface area (Å²) in [6, 6.07) is 7.74. The molecule has 1 aromatic carbocycles. The number of anilines is 2. The Morgan fingerprint density at radius 3 is 2.52 bits per heavy atom. The van der Waals surface area contributed by atoms with Gasteiger partial charge in [-0.3, -0.25) is 4.79 Å². The fraction of sp³-hybridized carbons (Fsp3) is 0.562. The maximum absolute atomic E-state index is 12.2. The van der Waals surface area contributed by atoms with E-state index in [-0.39, 0.29) is 18.4 Å². The van der Waals surface area contributed by atoms with Crippen molar-refractivity contribution in [3.05, 3.63) is 24.3 Å². The molecule has 116 valence electrons. The molecule has 5 heteroatoms. The minimum atomic E-state index is 0.123. The summed E-state index contributed by atoms with van der Waals surface area (Å²) >= 11 is 0. The standard InChI is InChI=1S/C16H25N3O2/c1-18-9-7-13(8-10-18)16(21)17-14-3-5-15(6-4-14)19(2)11-12-20/h3-6,13,20H,7-12H2,1-2H3,(H,17,21). The van der Waals surface area contributed by atoms with Crippen molar-refractivity contribution < 1.29 is 9.90 Å². The Bertz CT molecular complexity index is 453. The zero-order chi connectivity index (χ0) is 15.2. The number of likely N-dealkylation sites (N-methyl/N-ethyl adjacent to an activating group) is 1. The molecule has 1 aliphatic heterocycles. The van der Waals surface area contributed by atoms with Crippen LogP contribution in [0.2, 0.25) is 0 Å². The van der Waals surface area contributed by atoms with Crippen LogP contribution in [0.1, 0.15) is 12.8 Å². The van der Waals surface area contributed by atoms with Crippen LogP contribution in [0.5, 0.6) is 0 Å². The lowest BCUT2D eigenvalue weighted by Crippen LogP contribution is -2.35. The third kappa shape index (κ3) is 4.44. The van der Waals surface area contributed by atoms with Gasteiger partial charge in [-0.15, -0.1) is 0 Å². The lowest BCUT2D eigenvalue weighted by Gasteiger charge is -2.28. The molecule has 0 aliphatic carbocycles. The molecule has 1 heterocycles. The van der Waals surface area contributed by atoms with Gasteiger partial charge in [0, 0.05) is 30.9 Å². The second-order valence-corrected chi connectivity index (χ2v) is 5.76. The van der Waals surface area contributed by atoms with Crippen molar-refractivity contribution in [3.63, 3.8) is 0 Å². The van der Waals surface area contributed by atoms with E-state index in [1.165, 1.54) is 0 Å². The second-order valence-electron chi connectivity index (χ2n) is 5.76. The largest absolute Gasteiger partial charge is 0.395 e. The quantitative estimate of drug-likeness (QED) is 0.861. The molecule has 1 aromatic rings. The average Bonchev–Trinajstić information content (AvgIpc) is 2.49. The van der Waals surface area contributed by atoms with Crippen LogP contribution in [-0.2, 0) is 4.79 Å². The van der Waals surface area contributed by atoms with Gasteiger partial charge in [0.1, 0.15) is 0 Å². The van der Waals surface area contributed by atoms with Crippen molar-refractivity contribution in [1.82, 2.24) is 4.90 Å². The average molecular weight is 291 g/mol. The molecule has 2 N–H and O–H groups in total. The van der Waals surface area contributed by atoms with Crippen LogP contribution in [0.15, 0.2) is 24.3 Å². The fourth-order valence-corrected chi connectivity index (χ4v) is 2.59. The Morgan fingerprint density at radius 1 is 1.33 bits per heavy atom. The van der Waals surface area contributed by atoms with Gasteiger partial charge in [0.2, 0.25) is 5.91 Å². The number of aliphatic hydroxyl groups is 1. The van der Waals surface area contributed by atoms with Gasteiger partial charge in [-0.05, 0) is 57.2 Å². The number of hydrogen-bond acceptors (Lipinski definition) is 4. The van der Waals surface area contributed by atoms with Crippen LogP contribution in [0, 0.1) is 5.92 Å². The van der Waals surface area contributed by atoms with E-state index in [0.717, 1.165) is 37.3 Å². The first kappa shape index (κ1) is 15.8. The molecule has 0 radical (unpaired) electrons. The number of benzene rings is 1. The molecule has 0 saturated carbocycles. The molecule has 21 heavy (non-hydrogen) atoms. The normalized spacial score (nSPS) is 16.7. The summed E-state index contributed by atoms with van der Waals surface area (Å²) in [7, 11) is 4.03. The van der Waals surface area contributed by atoms with Gasteiger partial charge in [-0.25, -0.2) is 0 Å². The molecule has 0 unspecified atom stereocenters. The summed E-state index contributed by atoms with van der Waals surface area (Å²) in [5, 5.41) is 11.9. The zero-order valence-corrected chi connectivity index (χ0v) is 12.9. The molecule has 1 fully saturated rings. The Balaban J connectivity index is 1.89. The third-order valence-corrected chi connectivity index (χ3v) is 4.10. The number of amides is 1. The molecule has 0 atom stereocenters. The van der Waals surface area contributed by atoms with E-state index in [1.807, 2.05) is 36.2 Å². The topological polar surface area (TPSA) is 55.8 Å². The monoisotopic (exact) mass is 291 g/mol. The maximum atomic E-state index is 12.2. The number of rotatable bonds is 5. The number of piperidine rings is 1. The third-order valence-electron chi connectivity index (χ3n) is 4.10. The van der Waals surface area contributed by atoms with E-state index in [1.54, 1.807) is 0 Å². The van der Waals surface area contributed by atoms with E-state index in [4.69, 9.17) is 5.11 Å². The number of carbonyl (C=O) groups excluding carboxylic acids is 1. The minimum absolute atomic E-state index is 0.123. The molecule has 2 rings (SSSR count). The van der Waals surface area contributed by atoms with Gasteiger partial charge in [-0.1, -0.05) is 0 Å². The molecule has 0 aromatic heterocycles. The van der Waals surface area contributed by atoms with Gasteiger partial charge >= 0.3 is 0 Å². The highest BCUT2D eigenvalue weighted by Gasteiger charge is 2.23. The summed E-state index contributed by atoms with van der Waals surface area (Å²) in [5.74, 6) is 0.248. The lowest BCUT2D eigenvalue weighted by atomic mass is 9.96. The SMILES string of the molecule is CN1CCC(C(=O)Nc2ccc(N(C)CCO)cc2)CC1. The predicted molar refractivity (Wildman–Crippen MR) is 85.6 cm³/mol. The highest BCUT2D eigenvalue weighted by atomic mass is 16.3. The Labute approximate surface area is 126 Å². The summed E-state index contributed by atoms with van der Waals surface area (Å²) in [5.41, 5.74) is 1.86. The Hall–Kier alpha value is -1.59. The first-order valence-electron chi connectivity index (χ1n) is 7.51. The van der Waals surface area contributed by atoms with E-state index in [9.17, 15) is 4.79 Å². The molecular weight excluding hydrogens is 266 g/mol. The first-order chi connectivity index (χ1) is 10.1. The molecular formula is C16H25N3O2. The summed E-state index contributed by atoms with van der Waals surface area (Å²) < 4.78 is 0. The van der Waals surface area contributed by atoms with Crippen LogP contribution < -0.4 is 10.2 Å². The van der Waals surface area contributed by atoms with Crippen molar-refractivity contribution in [2.45, 2.75) is 12.8 Å². The minimum Gasteiger partial charge on any atom is -0.395 e. The van der Waals surface area contributed by atoms with Gasteiger partial charge in [-0.2, -0.15) is 0 Å². The molecule has 1 saturated heterocycles. The number of nitrogens with zero attached hydrogens (tertiary/aromatic N) is 2. The van der Waals surface area contributed by atoms with Gasteiger partial charge in [0.05, 0.1) is 6.61 Å². The molecule has 0 bridgehead atoms. The van der Waals surface area contributed by atoms with Crippen molar-refractivity contribution in [2.75, 3.05) is 50.6 Å². The van der Waals surface area contributed by atoms with Crippen LogP contribution in [0.4, 0.5) is 11.4 Å². The van der Waals surface area contributed by atoms with Crippen LogP contribution in [0.3, 0.4) is 0 Å². The van der Waals surface area contributed by atoms with Crippen molar-refractivity contribution >= 4 is 17.3 Å². The summed E-state index contributed by atoms with van der Waals surface area (Å²) in [6.45, 7) is 2.71. The lowest BCUT2D eigenvalue weighted by molar-refractivity contribution is -0.121. The van der Waals surface area contributed by atoms with Gasteiger partial charge in [0.15, 0.2) is 0 Å². The van der Waals surface area contributed by atoms with Crippen molar-refractivity contribution in [2.24, 2.45) is 5.92 Å². The van der Waals surface area contributed by atoms with Crippen LogP contribution >= 0.6 is 0 Å². The summed E-state index contributed by atoms with van der Waals surface area (Å²) in [4.78, 5) is 16.5. The fourth-order valence-electron chi connectivity index (χ4n) is 2.59. The Kier molecular flexibility index (Phi) is 5.59. The molecule has 1 aliphatic rings. The van der Waals surface area contributed by atoms with Crippen molar-refractivity contribution in [1.29, 1.82) is 0 Å². The zero-order valence-electron chi connectivity index (χ0n) is 12.9. The van der Waals surface area contributed by atoms with E-state index < -0.39 is 0 Å². The smallest absolute Gasteiger partial charge is 0.227 e. The predicted octanol–water partition coefficient (Wildman–Crippen LogP) is 1.40. The van der Waals surface area contributed by atoms with E-state index in [0.29, 0.717) is 6.54 Å². The number of likely N-dealkylation sites (tertiary alicyclic amines) is 1. The number of aliphatic hydroxyl groups excluding tert-OH is 1. The maximum Gasteiger partial charge on any atom is 0.227 e. The molecule has 1 amide bonds. The second kappa shape index (κ2) is 7.43. The molecule has 0 spiro atoms. The number of carbonyl (C=O) groups is 1.